The average Bonchev–Trinajstić information content (AvgIpc) is 2.49. The predicted molar refractivity (Wildman–Crippen MR) is 59.7 cm³/mol. The Morgan fingerprint density at radius 3 is 2.87 bits per heavy atom. The van der Waals surface area contributed by atoms with Crippen LogP contribution in [0.3, 0.4) is 0 Å². The molecule has 15 heavy (non-hydrogen) atoms. The molecule has 4 nitrogen and oxygen atoms in total. The van der Waals surface area contributed by atoms with Crippen LogP contribution in [0.1, 0.15) is 31.6 Å². The zero-order chi connectivity index (χ0) is 11.1. The molecular weight excluding hydrogens is 212 g/mol. The Balaban J connectivity index is 2.26. The van der Waals surface area contributed by atoms with E-state index in [1.165, 1.54) is 11.3 Å². The van der Waals surface area contributed by atoms with Gasteiger partial charge in [0.1, 0.15) is 5.60 Å². The Labute approximate surface area is 93.1 Å². The monoisotopic (exact) mass is 228 g/mol. The minimum Gasteiger partial charge on any atom is -0.384 e. The summed E-state index contributed by atoms with van der Waals surface area (Å²) in [5.41, 5.74) is 4.47. The van der Waals surface area contributed by atoms with Gasteiger partial charge in [-0.1, -0.05) is 11.3 Å². The number of nitrogens with zero attached hydrogens (tertiary/aromatic N) is 1. The highest BCUT2D eigenvalue weighted by Crippen LogP contribution is 2.41. The second kappa shape index (κ2) is 3.43. The Hall–Kier alpha value is -0.650. The fraction of sp³-hybridized carbons (Fsp3) is 0.700. The van der Waals surface area contributed by atoms with Crippen LogP contribution in [0, 0.1) is 0 Å². The minimum atomic E-state index is -0.822. The number of aliphatic hydroxyl groups is 1. The van der Waals surface area contributed by atoms with Gasteiger partial charge in [-0.2, -0.15) is 0 Å². The average molecular weight is 228 g/mol. The smallest absolute Gasteiger partial charge is 0.180 e. The normalized spacial score (nSPS) is 30.3. The quantitative estimate of drug-likeness (QED) is 0.764. The zero-order valence-corrected chi connectivity index (χ0v) is 9.80. The number of ether oxygens (including phenoxy) is 1. The third-order valence-corrected chi connectivity index (χ3v) is 3.73. The maximum atomic E-state index is 10.5. The van der Waals surface area contributed by atoms with Crippen molar-refractivity contribution in [1.82, 2.24) is 4.98 Å². The number of nitrogens with two attached hydrogens (primary N) is 1. The lowest BCUT2D eigenvalue weighted by atomic mass is 9.83. The van der Waals surface area contributed by atoms with Crippen molar-refractivity contribution >= 4 is 16.5 Å². The summed E-state index contributed by atoms with van der Waals surface area (Å²) in [5, 5.41) is 11.0. The Kier molecular flexibility index (Phi) is 2.48. The first-order valence-corrected chi connectivity index (χ1v) is 5.81. The molecule has 2 heterocycles. The van der Waals surface area contributed by atoms with Gasteiger partial charge < -0.3 is 15.6 Å². The molecule has 0 spiro atoms. The third kappa shape index (κ3) is 2.14. The molecule has 0 amide bonds. The molecule has 0 saturated carbocycles. The van der Waals surface area contributed by atoms with Crippen molar-refractivity contribution in [3.8, 4) is 0 Å². The molecule has 1 saturated heterocycles. The van der Waals surface area contributed by atoms with Crippen LogP contribution >= 0.6 is 11.3 Å². The molecule has 84 valence electrons. The van der Waals surface area contributed by atoms with E-state index in [4.69, 9.17) is 10.5 Å². The number of rotatable bonds is 1. The first-order valence-electron chi connectivity index (χ1n) is 4.99. The Bertz CT molecular complexity index is 364. The van der Waals surface area contributed by atoms with Gasteiger partial charge in [-0.25, -0.2) is 4.98 Å². The predicted octanol–water partition coefficient (Wildman–Crippen LogP) is 1.50. The van der Waals surface area contributed by atoms with Crippen molar-refractivity contribution in [2.75, 3.05) is 12.3 Å². The van der Waals surface area contributed by atoms with Crippen LogP contribution in [0.2, 0.25) is 0 Å². The van der Waals surface area contributed by atoms with E-state index >= 15 is 0 Å². The van der Waals surface area contributed by atoms with Crippen molar-refractivity contribution in [1.29, 1.82) is 0 Å². The summed E-state index contributed by atoms with van der Waals surface area (Å²) in [4.78, 5) is 4.82. The van der Waals surface area contributed by atoms with Gasteiger partial charge in [0.15, 0.2) is 5.13 Å². The third-order valence-electron chi connectivity index (χ3n) is 2.71. The van der Waals surface area contributed by atoms with Crippen LogP contribution < -0.4 is 5.73 Å². The molecule has 1 fully saturated rings. The first-order chi connectivity index (χ1) is 6.91. The fourth-order valence-corrected chi connectivity index (χ4v) is 2.85. The van der Waals surface area contributed by atoms with Crippen molar-refractivity contribution in [3.05, 3.63) is 11.1 Å². The van der Waals surface area contributed by atoms with Gasteiger partial charge >= 0.3 is 0 Å². The van der Waals surface area contributed by atoms with Gasteiger partial charge in [0.05, 0.1) is 17.1 Å². The van der Waals surface area contributed by atoms with Crippen molar-refractivity contribution in [2.24, 2.45) is 0 Å². The Morgan fingerprint density at radius 2 is 2.33 bits per heavy atom. The van der Waals surface area contributed by atoms with E-state index in [2.05, 4.69) is 4.98 Å². The summed E-state index contributed by atoms with van der Waals surface area (Å²) in [5.74, 6) is 0. The first kappa shape index (κ1) is 10.9. The van der Waals surface area contributed by atoms with Gasteiger partial charge in [-0.05, 0) is 13.8 Å². The highest BCUT2D eigenvalue weighted by atomic mass is 32.1. The maximum absolute atomic E-state index is 10.5. The van der Waals surface area contributed by atoms with Crippen LogP contribution in [0.4, 0.5) is 5.13 Å². The summed E-state index contributed by atoms with van der Waals surface area (Å²) in [6.07, 6.45) is 2.86. The molecule has 1 unspecified atom stereocenters. The number of hydrogen-bond donors (Lipinski definition) is 2. The molecule has 0 aromatic carbocycles. The zero-order valence-electron chi connectivity index (χ0n) is 8.99. The highest BCUT2D eigenvalue weighted by Gasteiger charge is 2.41. The summed E-state index contributed by atoms with van der Waals surface area (Å²) in [6, 6.07) is 0. The van der Waals surface area contributed by atoms with Crippen molar-refractivity contribution in [3.63, 3.8) is 0 Å². The second-order valence-corrected chi connectivity index (χ2v) is 5.69. The van der Waals surface area contributed by atoms with Crippen molar-refractivity contribution in [2.45, 2.75) is 37.9 Å². The molecule has 3 N–H and O–H groups in total. The van der Waals surface area contributed by atoms with E-state index in [1.54, 1.807) is 6.20 Å². The SMILES string of the molecule is CC1(C)CC(O)(c2cnc(N)s2)CCO1. The lowest BCUT2D eigenvalue weighted by Gasteiger charge is -2.40. The number of hydrogen-bond acceptors (Lipinski definition) is 5. The molecule has 1 aromatic heterocycles. The lowest BCUT2D eigenvalue weighted by Crippen LogP contribution is -2.43. The second-order valence-electron chi connectivity index (χ2n) is 4.63. The van der Waals surface area contributed by atoms with Gasteiger partial charge in [-0.15, -0.1) is 0 Å². The molecule has 1 aliphatic rings. The van der Waals surface area contributed by atoms with Crippen LogP contribution in [0.15, 0.2) is 6.20 Å². The molecule has 1 atom stereocenters. The molecule has 0 radical (unpaired) electrons. The Morgan fingerprint density at radius 1 is 1.60 bits per heavy atom. The molecule has 0 bridgehead atoms. The highest BCUT2D eigenvalue weighted by molar-refractivity contribution is 7.15. The van der Waals surface area contributed by atoms with Gasteiger partial charge in [0.2, 0.25) is 0 Å². The van der Waals surface area contributed by atoms with E-state index in [0.29, 0.717) is 24.6 Å². The summed E-state index contributed by atoms with van der Waals surface area (Å²) in [7, 11) is 0. The van der Waals surface area contributed by atoms with Gasteiger partial charge in [0, 0.05) is 19.0 Å². The van der Waals surface area contributed by atoms with Crippen LogP contribution in [0.25, 0.3) is 0 Å². The van der Waals surface area contributed by atoms with E-state index in [1.807, 2.05) is 13.8 Å². The fourth-order valence-electron chi connectivity index (χ4n) is 2.05. The van der Waals surface area contributed by atoms with Crippen LogP contribution in [-0.2, 0) is 10.3 Å². The standard InChI is InChI=1S/C10H16N2O2S/c1-9(2)6-10(13,3-4-14-9)7-5-12-8(11)15-7/h5,13H,3-4,6H2,1-2H3,(H2,11,12). The summed E-state index contributed by atoms with van der Waals surface area (Å²) >= 11 is 1.35. The molecule has 2 rings (SSSR count). The molecule has 5 heteroatoms. The number of thiazole rings is 1. The molecular formula is C10H16N2O2S. The number of aromatic nitrogens is 1. The molecule has 1 aliphatic heterocycles. The van der Waals surface area contributed by atoms with Crippen LogP contribution in [0.5, 0.6) is 0 Å². The summed E-state index contributed by atoms with van der Waals surface area (Å²) in [6.45, 7) is 4.55. The van der Waals surface area contributed by atoms with Gasteiger partial charge in [-0.3, -0.25) is 0 Å². The lowest BCUT2D eigenvalue weighted by molar-refractivity contribution is -0.146. The number of anilines is 1. The number of nitrogen functional groups attached to an aromatic ring is 1. The van der Waals surface area contributed by atoms with E-state index in [-0.39, 0.29) is 5.60 Å². The topological polar surface area (TPSA) is 68.4 Å². The van der Waals surface area contributed by atoms with E-state index in [0.717, 1.165) is 4.88 Å². The largest absolute Gasteiger partial charge is 0.384 e. The summed E-state index contributed by atoms with van der Waals surface area (Å²) < 4.78 is 5.58. The van der Waals surface area contributed by atoms with E-state index < -0.39 is 5.60 Å². The van der Waals surface area contributed by atoms with Crippen molar-refractivity contribution < 1.29 is 9.84 Å². The van der Waals surface area contributed by atoms with Crippen LogP contribution in [-0.4, -0.2) is 22.3 Å². The molecule has 1 aromatic rings. The maximum Gasteiger partial charge on any atom is 0.180 e. The van der Waals surface area contributed by atoms with E-state index in [9.17, 15) is 5.11 Å². The van der Waals surface area contributed by atoms with Gasteiger partial charge in [0.25, 0.3) is 0 Å². The minimum absolute atomic E-state index is 0.286. The molecule has 0 aliphatic carbocycles.